The molecule has 198 valence electrons. The largest absolute Gasteiger partial charge is 0.495 e. The van der Waals surface area contributed by atoms with Crippen molar-refractivity contribution in [2.75, 3.05) is 61.6 Å². The van der Waals surface area contributed by atoms with Gasteiger partial charge >= 0.3 is 0 Å². The van der Waals surface area contributed by atoms with Crippen molar-refractivity contribution in [3.8, 4) is 5.75 Å². The Labute approximate surface area is 219 Å². The molecule has 0 unspecified atom stereocenters. The lowest BCUT2D eigenvalue weighted by atomic mass is 10.1. The molecular weight excluding hydrogens is 468 g/mol. The van der Waals surface area contributed by atoms with E-state index in [1.807, 2.05) is 36.4 Å². The summed E-state index contributed by atoms with van der Waals surface area (Å²) in [6.07, 6.45) is 6.16. The Morgan fingerprint density at radius 2 is 1.68 bits per heavy atom. The van der Waals surface area contributed by atoms with E-state index in [0.29, 0.717) is 17.8 Å². The summed E-state index contributed by atoms with van der Waals surface area (Å²) in [6, 6.07) is 13.8. The first kappa shape index (κ1) is 25.4. The Kier molecular flexibility index (Phi) is 8.14. The molecule has 3 fully saturated rings. The SMILES string of the molecule is COc1ccccc1N1CCN(c2ccc(NC(=O)C3CCCC3)cc2C(=O)NC[C@H]2CCCO2)CC1. The molecule has 5 rings (SSSR count). The van der Waals surface area contributed by atoms with Crippen LogP contribution in [0.3, 0.4) is 0 Å². The molecule has 2 aromatic carbocycles. The molecular formula is C29H38N4O4. The third-order valence-electron chi connectivity index (χ3n) is 7.80. The van der Waals surface area contributed by atoms with Crippen LogP contribution >= 0.6 is 0 Å². The van der Waals surface area contributed by atoms with Gasteiger partial charge in [0.15, 0.2) is 0 Å². The van der Waals surface area contributed by atoms with Gasteiger partial charge in [0.1, 0.15) is 5.75 Å². The molecule has 8 nitrogen and oxygen atoms in total. The minimum atomic E-state index is -0.130. The van der Waals surface area contributed by atoms with Crippen LogP contribution < -0.4 is 25.2 Å². The van der Waals surface area contributed by atoms with Crippen molar-refractivity contribution >= 4 is 28.9 Å². The third kappa shape index (κ3) is 6.01. The van der Waals surface area contributed by atoms with Gasteiger partial charge < -0.3 is 29.9 Å². The molecule has 1 aliphatic carbocycles. The van der Waals surface area contributed by atoms with Gasteiger partial charge in [-0.3, -0.25) is 9.59 Å². The zero-order valence-corrected chi connectivity index (χ0v) is 21.7. The number of hydrogen-bond acceptors (Lipinski definition) is 6. The molecule has 8 heteroatoms. The first-order valence-corrected chi connectivity index (χ1v) is 13.6. The standard InChI is InChI=1S/C29H38N4O4/c1-36-27-11-5-4-10-26(27)33-16-14-32(15-17-33)25-13-12-22(31-28(34)21-7-2-3-8-21)19-24(25)29(35)30-20-23-9-6-18-37-23/h4-5,10-13,19,21,23H,2-3,6-9,14-18,20H2,1H3,(H,30,35)(H,31,34)/t23-/m1/s1. The number of piperazine rings is 1. The average molecular weight is 507 g/mol. The number of ether oxygens (including phenoxy) is 2. The van der Waals surface area contributed by atoms with Crippen LogP contribution in [0.15, 0.2) is 42.5 Å². The predicted octanol–water partition coefficient (Wildman–Crippen LogP) is 4.06. The molecule has 0 bridgehead atoms. The normalized spacial score (nSPS) is 20.2. The molecule has 1 saturated carbocycles. The molecule has 37 heavy (non-hydrogen) atoms. The highest BCUT2D eigenvalue weighted by molar-refractivity contribution is 6.02. The van der Waals surface area contributed by atoms with Crippen molar-refractivity contribution in [3.05, 3.63) is 48.0 Å². The van der Waals surface area contributed by atoms with Gasteiger partial charge in [-0.15, -0.1) is 0 Å². The highest BCUT2D eigenvalue weighted by Crippen LogP contribution is 2.32. The van der Waals surface area contributed by atoms with Gasteiger partial charge in [0.25, 0.3) is 5.91 Å². The van der Waals surface area contributed by atoms with Crippen LogP contribution in [0.5, 0.6) is 5.75 Å². The Hall–Kier alpha value is -3.26. The van der Waals surface area contributed by atoms with Crippen LogP contribution in [-0.4, -0.2) is 64.4 Å². The Balaban J connectivity index is 1.32. The van der Waals surface area contributed by atoms with Gasteiger partial charge in [-0.1, -0.05) is 25.0 Å². The number of benzene rings is 2. The summed E-state index contributed by atoms with van der Waals surface area (Å²) in [6.45, 7) is 4.44. The van der Waals surface area contributed by atoms with Gasteiger partial charge in [-0.2, -0.15) is 0 Å². The van der Waals surface area contributed by atoms with E-state index in [2.05, 4.69) is 26.5 Å². The molecule has 3 aliphatic rings. The second-order valence-electron chi connectivity index (χ2n) is 10.2. The lowest BCUT2D eigenvalue weighted by Gasteiger charge is -2.38. The lowest BCUT2D eigenvalue weighted by molar-refractivity contribution is -0.119. The maximum absolute atomic E-state index is 13.4. The minimum absolute atomic E-state index is 0.0568. The number of nitrogens with one attached hydrogen (secondary N) is 2. The minimum Gasteiger partial charge on any atom is -0.495 e. The second-order valence-corrected chi connectivity index (χ2v) is 10.2. The van der Waals surface area contributed by atoms with E-state index in [-0.39, 0.29) is 23.8 Å². The first-order valence-electron chi connectivity index (χ1n) is 13.6. The van der Waals surface area contributed by atoms with Crippen molar-refractivity contribution in [2.24, 2.45) is 5.92 Å². The zero-order chi connectivity index (χ0) is 25.6. The molecule has 0 spiro atoms. The molecule has 1 atom stereocenters. The number of rotatable bonds is 8. The van der Waals surface area contributed by atoms with Crippen LogP contribution in [0, 0.1) is 5.92 Å². The highest BCUT2D eigenvalue weighted by atomic mass is 16.5. The van der Waals surface area contributed by atoms with Crippen molar-refractivity contribution < 1.29 is 19.1 Å². The molecule has 2 saturated heterocycles. The summed E-state index contributed by atoms with van der Waals surface area (Å²) in [4.78, 5) is 30.7. The Morgan fingerprint density at radius 3 is 2.38 bits per heavy atom. The molecule has 0 aromatic heterocycles. The summed E-state index contributed by atoms with van der Waals surface area (Å²) >= 11 is 0. The fourth-order valence-electron chi connectivity index (χ4n) is 5.69. The van der Waals surface area contributed by atoms with Crippen LogP contribution in [-0.2, 0) is 9.53 Å². The monoisotopic (exact) mass is 506 g/mol. The number of para-hydroxylation sites is 2. The quantitative estimate of drug-likeness (QED) is 0.562. The van der Waals surface area contributed by atoms with E-state index >= 15 is 0 Å². The fourth-order valence-corrected chi connectivity index (χ4v) is 5.69. The van der Waals surface area contributed by atoms with Gasteiger partial charge in [0.2, 0.25) is 5.91 Å². The lowest BCUT2D eigenvalue weighted by Crippen LogP contribution is -2.47. The van der Waals surface area contributed by atoms with E-state index in [0.717, 1.165) is 88.4 Å². The van der Waals surface area contributed by atoms with E-state index < -0.39 is 0 Å². The molecule has 2 aromatic rings. The third-order valence-corrected chi connectivity index (χ3v) is 7.80. The van der Waals surface area contributed by atoms with Crippen molar-refractivity contribution in [1.82, 2.24) is 5.32 Å². The molecule has 0 radical (unpaired) electrons. The number of hydrogen-bond donors (Lipinski definition) is 2. The molecule has 2 heterocycles. The number of amides is 2. The van der Waals surface area contributed by atoms with Crippen LogP contribution in [0.4, 0.5) is 17.1 Å². The summed E-state index contributed by atoms with van der Waals surface area (Å²) in [5.41, 5.74) is 3.25. The van der Waals surface area contributed by atoms with Gasteiger partial charge in [-0.25, -0.2) is 0 Å². The summed E-state index contributed by atoms with van der Waals surface area (Å²) in [5, 5.41) is 6.14. The number of carbonyl (C=O) groups is 2. The fraction of sp³-hybridized carbons (Fsp3) is 0.517. The van der Waals surface area contributed by atoms with Crippen molar-refractivity contribution in [3.63, 3.8) is 0 Å². The zero-order valence-electron chi connectivity index (χ0n) is 21.7. The van der Waals surface area contributed by atoms with E-state index in [1.165, 1.54) is 0 Å². The number of anilines is 3. The average Bonchev–Trinajstić information content (AvgIpc) is 3.67. The van der Waals surface area contributed by atoms with E-state index in [4.69, 9.17) is 9.47 Å². The van der Waals surface area contributed by atoms with Crippen LogP contribution in [0.25, 0.3) is 0 Å². The maximum Gasteiger partial charge on any atom is 0.253 e. The molecule has 2 N–H and O–H groups in total. The number of carbonyl (C=O) groups excluding carboxylic acids is 2. The molecule has 2 aliphatic heterocycles. The second kappa shape index (κ2) is 11.9. The van der Waals surface area contributed by atoms with Crippen molar-refractivity contribution in [1.29, 1.82) is 0 Å². The number of nitrogens with zero attached hydrogens (tertiary/aromatic N) is 2. The van der Waals surface area contributed by atoms with Gasteiger partial charge in [0, 0.05) is 56.6 Å². The molecule has 2 amide bonds. The van der Waals surface area contributed by atoms with Gasteiger partial charge in [0.05, 0.1) is 24.5 Å². The van der Waals surface area contributed by atoms with Crippen molar-refractivity contribution in [2.45, 2.75) is 44.6 Å². The Bertz CT molecular complexity index is 1090. The summed E-state index contributed by atoms with van der Waals surface area (Å²) in [5.74, 6) is 0.864. The Morgan fingerprint density at radius 1 is 0.946 bits per heavy atom. The summed E-state index contributed by atoms with van der Waals surface area (Å²) < 4.78 is 11.3. The maximum atomic E-state index is 13.4. The summed E-state index contributed by atoms with van der Waals surface area (Å²) in [7, 11) is 1.70. The predicted molar refractivity (Wildman–Crippen MR) is 146 cm³/mol. The first-order chi connectivity index (χ1) is 18.1. The highest BCUT2D eigenvalue weighted by Gasteiger charge is 2.26. The number of methoxy groups -OCH3 is 1. The van der Waals surface area contributed by atoms with Crippen LogP contribution in [0.1, 0.15) is 48.9 Å². The topological polar surface area (TPSA) is 83.1 Å². The van der Waals surface area contributed by atoms with Gasteiger partial charge in [-0.05, 0) is 56.0 Å². The van der Waals surface area contributed by atoms with Crippen LogP contribution in [0.2, 0.25) is 0 Å². The smallest absolute Gasteiger partial charge is 0.253 e. The van der Waals surface area contributed by atoms with E-state index in [1.54, 1.807) is 7.11 Å². The van der Waals surface area contributed by atoms with E-state index in [9.17, 15) is 9.59 Å².